The summed E-state index contributed by atoms with van der Waals surface area (Å²) < 4.78 is 0.801. The molecule has 0 aliphatic carbocycles. The molecule has 0 aliphatic heterocycles. The Morgan fingerprint density at radius 2 is 1.48 bits per heavy atom. The van der Waals surface area contributed by atoms with Crippen LogP contribution in [0.15, 0.2) is 34.8 Å². The normalized spacial score (nSPS) is 9.48. The van der Waals surface area contributed by atoms with Crippen molar-refractivity contribution in [3.8, 4) is 11.5 Å². The average molecular weight is 351 g/mol. The number of benzene rings is 2. The van der Waals surface area contributed by atoms with E-state index in [0.29, 0.717) is 29.3 Å². The number of carbonyl (C=O) groups excluding carboxylic acids is 2. The standard InChI is InChI=1S/C8H7BrO2.C8H8O2/c1-5-2-7(9)3-6(4-10)8(5)11;1-6-3-2-4-7(5-9)8(6)10/h2-4,11H,1H3;2-5,10H,1H3. The van der Waals surface area contributed by atoms with Crippen molar-refractivity contribution in [2.45, 2.75) is 13.8 Å². The predicted octanol–water partition coefficient (Wildman–Crippen LogP) is 3.79. The van der Waals surface area contributed by atoms with E-state index in [2.05, 4.69) is 15.9 Å². The Labute approximate surface area is 131 Å². The molecule has 110 valence electrons. The molecule has 0 heterocycles. The molecular weight excluding hydrogens is 336 g/mol. The molecule has 21 heavy (non-hydrogen) atoms. The molecule has 0 spiro atoms. The highest BCUT2D eigenvalue weighted by atomic mass is 79.9. The molecule has 0 aromatic heterocycles. The van der Waals surface area contributed by atoms with Gasteiger partial charge in [-0.25, -0.2) is 0 Å². The summed E-state index contributed by atoms with van der Waals surface area (Å²) in [6, 6.07) is 8.40. The van der Waals surface area contributed by atoms with Gasteiger partial charge >= 0.3 is 0 Å². The Hall–Kier alpha value is -2.14. The molecule has 2 rings (SSSR count). The maximum absolute atomic E-state index is 10.4. The van der Waals surface area contributed by atoms with Crippen molar-refractivity contribution in [1.82, 2.24) is 0 Å². The highest BCUT2D eigenvalue weighted by Gasteiger charge is 2.03. The SMILES string of the molecule is Cc1cc(Br)cc(C=O)c1O.Cc1cccc(C=O)c1O. The van der Waals surface area contributed by atoms with Crippen molar-refractivity contribution in [2.75, 3.05) is 0 Å². The summed E-state index contributed by atoms with van der Waals surface area (Å²) in [6.07, 6.45) is 1.27. The fraction of sp³-hybridized carbons (Fsp3) is 0.125. The molecule has 0 unspecified atom stereocenters. The van der Waals surface area contributed by atoms with Crippen LogP contribution >= 0.6 is 15.9 Å². The second-order valence-electron chi connectivity index (χ2n) is 4.41. The first-order chi connectivity index (χ1) is 9.90. The predicted molar refractivity (Wildman–Crippen MR) is 84.2 cm³/mol. The molecule has 0 bridgehead atoms. The van der Waals surface area contributed by atoms with E-state index < -0.39 is 0 Å². The molecule has 0 fully saturated rings. The Kier molecular flexibility index (Phi) is 6.11. The molecule has 0 atom stereocenters. The van der Waals surface area contributed by atoms with Crippen molar-refractivity contribution in [1.29, 1.82) is 0 Å². The van der Waals surface area contributed by atoms with E-state index in [9.17, 15) is 14.7 Å². The summed E-state index contributed by atoms with van der Waals surface area (Å²) in [5, 5.41) is 18.4. The van der Waals surface area contributed by atoms with Gasteiger partial charge in [-0.05, 0) is 43.2 Å². The van der Waals surface area contributed by atoms with Gasteiger partial charge in [0.2, 0.25) is 0 Å². The molecule has 2 aromatic carbocycles. The van der Waals surface area contributed by atoms with Gasteiger partial charge in [0.15, 0.2) is 12.6 Å². The molecule has 0 radical (unpaired) electrons. The summed E-state index contributed by atoms with van der Waals surface area (Å²) in [5.41, 5.74) is 2.09. The molecule has 0 saturated heterocycles. The van der Waals surface area contributed by atoms with Crippen molar-refractivity contribution in [2.24, 2.45) is 0 Å². The molecular formula is C16H15BrO4. The Balaban J connectivity index is 0.000000211. The van der Waals surface area contributed by atoms with Gasteiger partial charge < -0.3 is 10.2 Å². The smallest absolute Gasteiger partial charge is 0.153 e. The van der Waals surface area contributed by atoms with E-state index >= 15 is 0 Å². The van der Waals surface area contributed by atoms with Crippen LogP contribution in [0.25, 0.3) is 0 Å². The van der Waals surface area contributed by atoms with Gasteiger partial charge in [0.25, 0.3) is 0 Å². The lowest BCUT2D eigenvalue weighted by Gasteiger charge is -2.01. The van der Waals surface area contributed by atoms with Gasteiger partial charge in [0.1, 0.15) is 11.5 Å². The zero-order chi connectivity index (χ0) is 16.0. The van der Waals surface area contributed by atoms with Gasteiger partial charge in [-0.15, -0.1) is 0 Å². The van der Waals surface area contributed by atoms with Gasteiger partial charge in [0.05, 0.1) is 11.1 Å². The molecule has 5 heteroatoms. The Bertz CT molecular complexity index is 666. The lowest BCUT2D eigenvalue weighted by Crippen LogP contribution is -1.84. The summed E-state index contributed by atoms with van der Waals surface area (Å²) >= 11 is 3.22. The van der Waals surface area contributed by atoms with Crippen LogP contribution in [-0.2, 0) is 0 Å². The third-order valence-electron chi connectivity index (χ3n) is 2.82. The van der Waals surface area contributed by atoms with E-state index in [1.54, 1.807) is 44.2 Å². The second kappa shape index (κ2) is 7.59. The number of halogens is 1. The number of hydrogen-bond acceptors (Lipinski definition) is 4. The van der Waals surface area contributed by atoms with Crippen LogP contribution < -0.4 is 0 Å². The summed E-state index contributed by atoms with van der Waals surface area (Å²) in [5.74, 6) is 0.140. The van der Waals surface area contributed by atoms with Crippen LogP contribution in [-0.4, -0.2) is 22.8 Å². The van der Waals surface area contributed by atoms with Crippen molar-refractivity contribution in [3.63, 3.8) is 0 Å². The van der Waals surface area contributed by atoms with Gasteiger partial charge in [0, 0.05) is 4.47 Å². The number of aryl methyl sites for hydroxylation is 2. The van der Waals surface area contributed by atoms with Crippen LogP contribution in [0.2, 0.25) is 0 Å². The Morgan fingerprint density at radius 3 is 2.00 bits per heavy atom. The lowest BCUT2D eigenvalue weighted by molar-refractivity contribution is 0.111. The number of hydrogen-bond donors (Lipinski definition) is 2. The number of rotatable bonds is 2. The first-order valence-corrected chi connectivity index (χ1v) is 6.88. The van der Waals surface area contributed by atoms with Gasteiger partial charge in [-0.1, -0.05) is 28.1 Å². The number of aldehydes is 2. The third kappa shape index (κ3) is 4.43. The fourth-order valence-electron chi connectivity index (χ4n) is 1.63. The van der Waals surface area contributed by atoms with Gasteiger partial charge in [-0.2, -0.15) is 0 Å². The number of para-hydroxylation sites is 1. The molecule has 0 amide bonds. The summed E-state index contributed by atoms with van der Waals surface area (Å²) in [4.78, 5) is 20.6. The summed E-state index contributed by atoms with van der Waals surface area (Å²) in [6.45, 7) is 3.50. The average Bonchev–Trinajstić information content (AvgIpc) is 2.46. The number of carbonyl (C=O) groups is 2. The summed E-state index contributed by atoms with van der Waals surface area (Å²) in [7, 11) is 0. The lowest BCUT2D eigenvalue weighted by atomic mass is 10.1. The maximum atomic E-state index is 10.4. The number of phenolic OH excluding ortho intramolecular Hbond substituents is 2. The van der Waals surface area contributed by atoms with E-state index in [-0.39, 0.29) is 11.5 Å². The topological polar surface area (TPSA) is 74.6 Å². The first kappa shape index (κ1) is 16.9. The van der Waals surface area contributed by atoms with E-state index in [0.717, 1.165) is 10.0 Å². The van der Waals surface area contributed by atoms with E-state index in [4.69, 9.17) is 5.11 Å². The molecule has 0 aliphatic rings. The minimum Gasteiger partial charge on any atom is -0.507 e. The zero-order valence-electron chi connectivity index (χ0n) is 11.6. The molecule has 2 N–H and O–H groups in total. The van der Waals surface area contributed by atoms with Crippen LogP contribution in [0.5, 0.6) is 11.5 Å². The van der Waals surface area contributed by atoms with Crippen molar-refractivity contribution in [3.05, 3.63) is 57.1 Å². The van der Waals surface area contributed by atoms with Crippen LogP contribution in [0.1, 0.15) is 31.8 Å². The zero-order valence-corrected chi connectivity index (χ0v) is 13.2. The minimum absolute atomic E-state index is 0.0585. The second-order valence-corrected chi connectivity index (χ2v) is 5.32. The highest BCUT2D eigenvalue weighted by Crippen LogP contribution is 2.24. The minimum atomic E-state index is 0.0585. The van der Waals surface area contributed by atoms with Crippen LogP contribution in [0, 0.1) is 13.8 Å². The van der Waals surface area contributed by atoms with Crippen molar-refractivity contribution >= 4 is 28.5 Å². The Morgan fingerprint density at radius 1 is 0.905 bits per heavy atom. The van der Waals surface area contributed by atoms with E-state index in [1.165, 1.54) is 0 Å². The first-order valence-electron chi connectivity index (χ1n) is 6.08. The number of phenols is 2. The fourth-order valence-corrected chi connectivity index (χ4v) is 2.22. The van der Waals surface area contributed by atoms with E-state index in [1.807, 2.05) is 0 Å². The van der Waals surface area contributed by atoms with Gasteiger partial charge in [-0.3, -0.25) is 9.59 Å². The molecule has 4 nitrogen and oxygen atoms in total. The van der Waals surface area contributed by atoms with Crippen LogP contribution in [0.3, 0.4) is 0 Å². The van der Waals surface area contributed by atoms with Crippen molar-refractivity contribution < 1.29 is 19.8 Å². The maximum Gasteiger partial charge on any atom is 0.153 e. The third-order valence-corrected chi connectivity index (χ3v) is 3.28. The quantitative estimate of drug-likeness (QED) is 0.808. The molecule has 2 aromatic rings. The van der Waals surface area contributed by atoms with Crippen LogP contribution in [0.4, 0.5) is 0 Å². The largest absolute Gasteiger partial charge is 0.507 e. The number of aromatic hydroxyl groups is 2. The monoisotopic (exact) mass is 350 g/mol. The molecule has 0 saturated carbocycles. The highest BCUT2D eigenvalue weighted by molar-refractivity contribution is 9.10.